The number of likely N-dealkylation sites (tertiary alicyclic amines) is 1. The van der Waals surface area contributed by atoms with Gasteiger partial charge in [-0.15, -0.1) is 0 Å². The predicted octanol–water partition coefficient (Wildman–Crippen LogP) is 1.49. The zero-order valence-electron chi connectivity index (χ0n) is 6.30. The number of hydrogen-bond acceptors (Lipinski definition) is 1. The van der Waals surface area contributed by atoms with Gasteiger partial charge in [0.05, 0.1) is 0 Å². The van der Waals surface area contributed by atoms with Crippen molar-refractivity contribution in [3.63, 3.8) is 0 Å². The molecule has 1 saturated heterocycles. The average Bonchev–Trinajstić information content (AvgIpc) is 2.37. The van der Waals surface area contributed by atoms with Gasteiger partial charge in [0, 0.05) is 12.1 Å². The van der Waals surface area contributed by atoms with Gasteiger partial charge in [0.1, 0.15) is 0 Å². The molecule has 3 atom stereocenters. The van der Waals surface area contributed by atoms with Crippen LogP contribution in [0.4, 0.5) is 0 Å². The van der Waals surface area contributed by atoms with Gasteiger partial charge in [0.25, 0.3) is 0 Å². The Kier molecular flexibility index (Phi) is 1.10. The van der Waals surface area contributed by atoms with Gasteiger partial charge in [-0.3, -0.25) is 0 Å². The highest BCUT2D eigenvalue weighted by Crippen LogP contribution is 2.40. The molecule has 0 aromatic rings. The molecule has 1 saturated carbocycles. The van der Waals surface area contributed by atoms with E-state index < -0.39 is 0 Å². The highest BCUT2D eigenvalue weighted by atomic mass is 15.2. The van der Waals surface area contributed by atoms with E-state index >= 15 is 0 Å². The third kappa shape index (κ3) is 0.644. The van der Waals surface area contributed by atoms with E-state index in [1.165, 1.54) is 19.3 Å². The fourth-order valence-electron chi connectivity index (χ4n) is 2.46. The molecule has 1 aliphatic heterocycles. The molecular formula is C8H15N. The quantitative estimate of drug-likeness (QED) is 0.474. The molecule has 2 bridgehead atoms. The topological polar surface area (TPSA) is 3.24 Å². The third-order valence-electron chi connectivity index (χ3n) is 3.35. The maximum Gasteiger partial charge on any atom is 0.00984 e. The Labute approximate surface area is 57.0 Å². The predicted molar refractivity (Wildman–Crippen MR) is 38.4 cm³/mol. The molecule has 2 aliphatic rings. The van der Waals surface area contributed by atoms with Crippen LogP contribution in [0.2, 0.25) is 0 Å². The van der Waals surface area contributed by atoms with Crippen LogP contribution in [-0.4, -0.2) is 24.0 Å². The average molecular weight is 125 g/mol. The van der Waals surface area contributed by atoms with E-state index in [1.54, 1.807) is 0 Å². The first-order valence-corrected chi connectivity index (χ1v) is 4.01. The molecule has 1 nitrogen and oxygen atoms in total. The van der Waals surface area contributed by atoms with Gasteiger partial charge in [-0.1, -0.05) is 0 Å². The molecule has 9 heavy (non-hydrogen) atoms. The summed E-state index contributed by atoms with van der Waals surface area (Å²) in [6.45, 7) is 2.36. The summed E-state index contributed by atoms with van der Waals surface area (Å²) in [5, 5.41) is 0. The Morgan fingerprint density at radius 2 is 2.11 bits per heavy atom. The molecule has 52 valence electrons. The Morgan fingerprint density at radius 1 is 1.33 bits per heavy atom. The lowest BCUT2D eigenvalue weighted by Gasteiger charge is -2.28. The van der Waals surface area contributed by atoms with Crippen LogP contribution in [-0.2, 0) is 0 Å². The maximum atomic E-state index is 2.55. The summed E-state index contributed by atoms with van der Waals surface area (Å²) in [7, 11) is 2.27. The Bertz CT molecular complexity index is 104. The van der Waals surface area contributed by atoms with Crippen molar-refractivity contribution in [2.24, 2.45) is 5.92 Å². The summed E-state index contributed by atoms with van der Waals surface area (Å²) >= 11 is 0. The largest absolute Gasteiger partial charge is 0.300 e. The van der Waals surface area contributed by atoms with Crippen molar-refractivity contribution in [3.05, 3.63) is 0 Å². The molecule has 1 heterocycles. The molecule has 1 aliphatic carbocycles. The number of fused-ring (bicyclic) bond motifs is 2. The number of piperidine rings is 1. The van der Waals surface area contributed by atoms with Crippen LogP contribution in [0.15, 0.2) is 0 Å². The summed E-state index contributed by atoms with van der Waals surface area (Å²) in [5.74, 6) is 1.04. The second kappa shape index (κ2) is 1.72. The van der Waals surface area contributed by atoms with E-state index in [4.69, 9.17) is 0 Å². The zero-order chi connectivity index (χ0) is 6.43. The van der Waals surface area contributed by atoms with Crippen LogP contribution < -0.4 is 0 Å². The molecule has 0 amide bonds. The molecule has 0 radical (unpaired) electrons. The fourth-order valence-corrected chi connectivity index (χ4v) is 2.46. The van der Waals surface area contributed by atoms with Crippen LogP contribution in [0.25, 0.3) is 0 Å². The molecule has 0 N–H and O–H groups in total. The van der Waals surface area contributed by atoms with Crippen molar-refractivity contribution in [1.82, 2.24) is 4.90 Å². The van der Waals surface area contributed by atoms with E-state index in [1.807, 2.05) is 0 Å². The van der Waals surface area contributed by atoms with Crippen LogP contribution in [0.3, 0.4) is 0 Å². The normalized spacial score (nSPS) is 50.7. The molecule has 0 aromatic carbocycles. The molecule has 2 unspecified atom stereocenters. The minimum absolute atomic E-state index is 0.878. The van der Waals surface area contributed by atoms with Gasteiger partial charge in [-0.2, -0.15) is 0 Å². The SMILES string of the molecule is CC1C2CC[C@H](C2)N1C. The van der Waals surface area contributed by atoms with Crippen LogP contribution in [0.5, 0.6) is 0 Å². The molecule has 0 aromatic heterocycles. The monoisotopic (exact) mass is 125 g/mol. The molecule has 1 heteroatoms. The van der Waals surface area contributed by atoms with Gasteiger partial charge in [0.15, 0.2) is 0 Å². The molecular weight excluding hydrogens is 110 g/mol. The maximum absolute atomic E-state index is 2.55. The van der Waals surface area contributed by atoms with Gasteiger partial charge < -0.3 is 4.90 Å². The van der Waals surface area contributed by atoms with Crippen LogP contribution in [0.1, 0.15) is 26.2 Å². The Balaban J connectivity index is 2.15. The first-order valence-electron chi connectivity index (χ1n) is 4.01. The van der Waals surface area contributed by atoms with Gasteiger partial charge in [0.2, 0.25) is 0 Å². The van der Waals surface area contributed by atoms with Gasteiger partial charge >= 0.3 is 0 Å². The molecule has 0 spiro atoms. The number of nitrogens with zero attached hydrogens (tertiary/aromatic N) is 1. The van der Waals surface area contributed by atoms with E-state index in [-0.39, 0.29) is 0 Å². The lowest BCUT2D eigenvalue weighted by atomic mass is 10.0. The van der Waals surface area contributed by atoms with E-state index in [0.717, 1.165) is 18.0 Å². The van der Waals surface area contributed by atoms with Gasteiger partial charge in [-0.25, -0.2) is 0 Å². The van der Waals surface area contributed by atoms with Crippen molar-refractivity contribution < 1.29 is 0 Å². The smallest absolute Gasteiger partial charge is 0.00984 e. The van der Waals surface area contributed by atoms with E-state index in [2.05, 4.69) is 18.9 Å². The van der Waals surface area contributed by atoms with Crippen molar-refractivity contribution in [2.45, 2.75) is 38.3 Å². The highest BCUT2D eigenvalue weighted by molar-refractivity contribution is 4.95. The molecule has 2 rings (SSSR count). The summed E-state index contributed by atoms with van der Waals surface area (Å²) < 4.78 is 0. The third-order valence-corrected chi connectivity index (χ3v) is 3.35. The van der Waals surface area contributed by atoms with Crippen molar-refractivity contribution in [3.8, 4) is 0 Å². The lowest BCUT2D eigenvalue weighted by molar-refractivity contribution is 0.190. The lowest BCUT2D eigenvalue weighted by Crippen LogP contribution is -2.35. The second-order valence-corrected chi connectivity index (χ2v) is 3.63. The fraction of sp³-hybridized carbons (Fsp3) is 1.00. The Morgan fingerprint density at radius 3 is 2.44 bits per heavy atom. The highest BCUT2D eigenvalue weighted by Gasteiger charge is 2.40. The summed E-state index contributed by atoms with van der Waals surface area (Å²) in [6.07, 6.45) is 4.44. The van der Waals surface area contributed by atoms with E-state index in [9.17, 15) is 0 Å². The summed E-state index contributed by atoms with van der Waals surface area (Å²) in [6, 6.07) is 1.83. The van der Waals surface area contributed by atoms with Crippen LogP contribution in [0, 0.1) is 5.92 Å². The summed E-state index contributed by atoms with van der Waals surface area (Å²) in [4.78, 5) is 2.55. The van der Waals surface area contributed by atoms with E-state index in [0.29, 0.717) is 0 Å². The standard InChI is InChI=1S/C8H15N/c1-6-7-3-4-8(5-7)9(6)2/h6-8H,3-5H2,1-2H3/t6?,7?,8-/m1/s1. The summed E-state index contributed by atoms with van der Waals surface area (Å²) in [5.41, 5.74) is 0. The van der Waals surface area contributed by atoms with Crippen molar-refractivity contribution >= 4 is 0 Å². The van der Waals surface area contributed by atoms with Gasteiger partial charge in [-0.05, 0) is 39.2 Å². The number of rotatable bonds is 0. The molecule has 2 fully saturated rings. The minimum Gasteiger partial charge on any atom is -0.300 e. The number of hydrogen-bond donors (Lipinski definition) is 0. The van der Waals surface area contributed by atoms with Crippen molar-refractivity contribution in [2.75, 3.05) is 7.05 Å². The van der Waals surface area contributed by atoms with Crippen molar-refractivity contribution in [1.29, 1.82) is 0 Å². The Hall–Kier alpha value is -0.0400. The minimum atomic E-state index is 0.878. The first-order chi connectivity index (χ1) is 4.29. The zero-order valence-corrected chi connectivity index (χ0v) is 6.30. The first kappa shape index (κ1) is 5.72. The van der Waals surface area contributed by atoms with Crippen LogP contribution >= 0.6 is 0 Å². The second-order valence-electron chi connectivity index (χ2n) is 3.63.